The van der Waals surface area contributed by atoms with Crippen molar-refractivity contribution in [1.29, 1.82) is 0 Å². The number of nitrogens with one attached hydrogen (secondary N) is 1. The Bertz CT molecular complexity index is 451. The minimum Gasteiger partial charge on any atom is -0.319 e. The Kier molecular flexibility index (Phi) is 4.13. The molecule has 0 spiro atoms. The molecule has 1 aliphatic heterocycles. The molecule has 110 valence electrons. The van der Waals surface area contributed by atoms with Gasteiger partial charge < -0.3 is 4.90 Å². The zero-order valence-corrected chi connectivity index (χ0v) is 13.2. The van der Waals surface area contributed by atoms with Gasteiger partial charge in [0.1, 0.15) is 6.17 Å². The van der Waals surface area contributed by atoms with E-state index in [2.05, 4.69) is 40.9 Å². The number of hydrogen-bond donors (Lipinski definition) is 1. The van der Waals surface area contributed by atoms with Crippen molar-refractivity contribution in [3.8, 4) is 0 Å². The molecule has 0 aromatic carbocycles. The number of thiophene rings is 1. The van der Waals surface area contributed by atoms with E-state index < -0.39 is 0 Å². The summed E-state index contributed by atoms with van der Waals surface area (Å²) >= 11 is 1.71. The molecule has 0 bridgehead atoms. The summed E-state index contributed by atoms with van der Waals surface area (Å²) in [5, 5.41) is 7.86. The third-order valence-corrected chi connectivity index (χ3v) is 5.18. The van der Waals surface area contributed by atoms with Crippen molar-refractivity contribution in [2.75, 3.05) is 0 Å². The summed E-state index contributed by atoms with van der Waals surface area (Å²) in [6.07, 6.45) is 5.90. The molecule has 3 rings (SSSR count). The van der Waals surface area contributed by atoms with Crippen LogP contribution in [0.5, 0.6) is 0 Å². The summed E-state index contributed by atoms with van der Waals surface area (Å²) in [7, 11) is 0. The highest BCUT2D eigenvalue weighted by Gasteiger charge is 2.43. The van der Waals surface area contributed by atoms with Crippen LogP contribution in [0.4, 0.5) is 0 Å². The molecule has 2 aliphatic rings. The molecule has 0 radical (unpaired) electrons. The Labute approximate surface area is 125 Å². The summed E-state index contributed by atoms with van der Waals surface area (Å²) in [5.74, 6) is 0.866. The van der Waals surface area contributed by atoms with E-state index >= 15 is 0 Å². The number of hydrogen-bond acceptors (Lipinski definition) is 3. The topological polar surface area (TPSA) is 32.3 Å². The lowest BCUT2D eigenvalue weighted by Gasteiger charge is -2.29. The fourth-order valence-corrected chi connectivity index (χ4v) is 4.23. The van der Waals surface area contributed by atoms with E-state index in [9.17, 15) is 4.79 Å². The van der Waals surface area contributed by atoms with Crippen molar-refractivity contribution in [3.63, 3.8) is 0 Å². The van der Waals surface area contributed by atoms with E-state index in [-0.39, 0.29) is 12.2 Å². The second kappa shape index (κ2) is 5.86. The zero-order valence-electron chi connectivity index (χ0n) is 12.3. The predicted octanol–water partition coefficient (Wildman–Crippen LogP) is 3.54. The molecule has 4 heteroatoms. The van der Waals surface area contributed by atoms with Crippen molar-refractivity contribution < 1.29 is 4.79 Å². The van der Waals surface area contributed by atoms with E-state index in [1.807, 2.05) is 0 Å². The number of nitrogens with zero attached hydrogens (tertiary/aromatic N) is 1. The fourth-order valence-electron chi connectivity index (χ4n) is 3.55. The van der Waals surface area contributed by atoms with E-state index in [1.165, 1.54) is 31.2 Å². The van der Waals surface area contributed by atoms with E-state index in [0.29, 0.717) is 17.9 Å². The number of rotatable bonds is 4. The van der Waals surface area contributed by atoms with Crippen LogP contribution in [0.3, 0.4) is 0 Å². The molecule has 1 aliphatic carbocycles. The Morgan fingerprint density at radius 2 is 2.15 bits per heavy atom. The van der Waals surface area contributed by atoms with Crippen molar-refractivity contribution >= 4 is 17.2 Å². The van der Waals surface area contributed by atoms with Gasteiger partial charge in [-0.25, -0.2) is 0 Å². The first kappa shape index (κ1) is 14.1. The van der Waals surface area contributed by atoms with Crippen LogP contribution in [-0.4, -0.2) is 22.9 Å². The highest BCUT2D eigenvalue weighted by molar-refractivity contribution is 7.07. The fraction of sp³-hybridized carbons (Fsp3) is 0.688. The molecule has 2 atom stereocenters. The maximum Gasteiger partial charge on any atom is 0.241 e. The zero-order chi connectivity index (χ0) is 14.1. The highest BCUT2D eigenvalue weighted by atomic mass is 32.1. The SMILES string of the molecule is CC(C)CC1NC(c2ccsc2)N(C2CCCC2)C1=O. The summed E-state index contributed by atoms with van der Waals surface area (Å²) in [6, 6.07) is 2.59. The van der Waals surface area contributed by atoms with Crippen LogP contribution in [0, 0.1) is 5.92 Å². The minimum atomic E-state index is 0.000463. The molecule has 3 nitrogen and oxygen atoms in total. The Hall–Kier alpha value is -0.870. The van der Waals surface area contributed by atoms with Crippen LogP contribution in [0.2, 0.25) is 0 Å². The molecule has 1 saturated heterocycles. The molecule has 2 fully saturated rings. The summed E-state index contributed by atoms with van der Waals surface area (Å²) in [4.78, 5) is 15.0. The van der Waals surface area contributed by atoms with Crippen molar-refractivity contribution in [2.24, 2.45) is 5.92 Å². The summed E-state index contributed by atoms with van der Waals surface area (Å²) < 4.78 is 0. The van der Waals surface area contributed by atoms with Gasteiger partial charge in [-0.1, -0.05) is 26.7 Å². The first-order valence-electron chi connectivity index (χ1n) is 7.77. The average Bonchev–Trinajstić information content (AvgIpc) is 3.10. The standard InChI is InChI=1S/C16H24N2OS/c1-11(2)9-14-16(19)18(13-5-3-4-6-13)15(17-14)12-7-8-20-10-12/h7-8,10-11,13-15,17H,3-6,9H2,1-2H3. The molecule has 1 aromatic heterocycles. The summed E-state index contributed by atoms with van der Waals surface area (Å²) in [6.45, 7) is 4.37. The Morgan fingerprint density at radius 1 is 1.40 bits per heavy atom. The van der Waals surface area contributed by atoms with Gasteiger partial charge in [-0.05, 0) is 47.6 Å². The molecule has 1 aromatic rings. The van der Waals surface area contributed by atoms with Crippen molar-refractivity contribution in [2.45, 2.75) is 64.2 Å². The van der Waals surface area contributed by atoms with Gasteiger partial charge in [-0.15, -0.1) is 0 Å². The van der Waals surface area contributed by atoms with Crippen LogP contribution < -0.4 is 5.32 Å². The van der Waals surface area contributed by atoms with Gasteiger partial charge in [0.15, 0.2) is 0 Å². The first-order chi connectivity index (χ1) is 9.66. The molecule has 2 unspecified atom stereocenters. The van der Waals surface area contributed by atoms with Crippen LogP contribution in [0.15, 0.2) is 16.8 Å². The van der Waals surface area contributed by atoms with E-state index in [1.54, 1.807) is 11.3 Å². The maximum absolute atomic E-state index is 12.8. The Balaban J connectivity index is 1.84. The normalized spacial score (nSPS) is 27.9. The molecule has 2 heterocycles. The van der Waals surface area contributed by atoms with Gasteiger partial charge >= 0.3 is 0 Å². The minimum absolute atomic E-state index is 0.000463. The molecule has 1 amide bonds. The first-order valence-corrected chi connectivity index (χ1v) is 8.71. The maximum atomic E-state index is 12.8. The molecular formula is C16H24N2OS. The van der Waals surface area contributed by atoms with Crippen molar-refractivity contribution in [3.05, 3.63) is 22.4 Å². The third-order valence-electron chi connectivity index (χ3n) is 4.47. The quantitative estimate of drug-likeness (QED) is 0.920. The average molecular weight is 292 g/mol. The van der Waals surface area contributed by atoms with E-state index in [4.69, 9.17) is 0 Å². The van der Waals surface area contributed by atoms with Crippen LogP contribution in [0.25, 0.3) is 0 Å². The lowest BCUT2D eigenvalue weighted by molar-refractivity contribution is -0.132. The smallest absolute Gasteiger partial charge is 0.241 e. The summed E-state index contributed by atoms with van der Waals surface area (Å²) in [5.41, 5.74) is 1.25. The van der Waals surface area contributed by atoms with Gasteiger partial charge in [0.25, 0.3) is 0 Å². The monoisotopic (exact) mass is 292 g/mol. The van der Waals surface area contributed by atoms with Gasteiger partial charge in [0.2, 0.25) is 5.91 Å². The van der Waals surface area contributed by atoms with Crippen molar-refractivity contribution in [1.82, 2.24) is 10.2 Å². The van der Waals surface area contributed by atoms with E-state index in [0.717, 1.165) is 6.42 Å². The third kappa shape index (κ3) is 2.63. The van der Waals surface area contributed by atoms with Gasteiger partial charge in [0.05, 0.1) is 6.04 Å². The molecule has 1 saturated carbocycles. The lowest BCUT2D eigenvalue weighted by Crippen LogP contribution is -2.38. The number of carbonyl (C=O) groups excluding carboxylic acids is 1. The van der Waals surface area contributed by atoms with Gasteiger partial charge in [-0.3, -0.25) is 10.1 Å². The highest BCUT2D eigenvalue weighted by Crippen LogP contribution is 2.35. The molecular weight excluding hydrogens is 268 g/mol. The Morgan fingerprint density at radius 3 is 2.75 bits per heavy atom. The number of carbonyl (C=O) groups is 1. The van der Waals surface area contributed by atoms with Crippen LogP contribution in [-0.2, 0) is 4.79 Å². The second-order valence-corrected chi connectivity index (χ2v) is 7.27. The van der Waals surface area contributed by atoms with Crippen LogP contribution >= 0.6 is 11.3 Å². The second-order valence-electron chi connectivity index (χ2n) is 6.49. The van der Waals surface area contributed by atoms with Gasteiger partial charge in [0, 0.05) is 6.04 Å². The molecule has 20 heavy (non-hydrogen) atoms. The predicted molar refractivity (Wildman–Crippen MR) is 82.5 cm³/mol. The van der Waals surface area contributed by atoms with Crippen LogP contribution in [0.1, 0.15) is 57.7 Å². The largest absolute Gasteiger partial charge is 0.319 e. The lowest BCUT2D eigenvalue weighted by atomic mass is 10.0. The molecule has 1 N–H and O–H groups in total. The van der Waals surface area contributed by atoms with Gasteiger partial charge in [-0.2, -0.15) is 11.3 Å². The number of amides is 1.